The molecule has 0 saturated heterocycles. The number of hydrogen-bond donors (Lipinski definition) is 0. The molecule has 0 heterocycles. The molecule has 0 bridgehead atoms. The summed E-state index contributed by atoms with van der Waals surface area (Å²) < 4.78 is 0. The Hall–Kier alpha value is -1.30. The van der Waals surface area contributed by atoms with E-state index in [1.807, 2.05) is 0 Å². The Labute approximate surface area is 87.0 Å². The van der Waals surface area contributed by atoms with Crippen LogP contribution in [0.15, 0.2) is 42.0 Å². The average Bonchev–Trinajstić information content (AvgIpc) is 2.18. The van der Waals surface area contributed by atoms with Crippen LogP contribution < -0.4 is 0 Å². The molecule has 0 heteroatoms. The molecule has 1 rings (SSSR count). The van der Waals surface area contributed by atoms with Crippen molar-refractivity contribution >= 4 is 6.08 Å². The monoisotopic (exact) mass is 186 g/mol. The molecule has 0 spiro atoms. The van der Waals surface area contributed by atoms with E-state index in [0.717, 1.165) is 6.42 Å². The quantitative estimate of drug-likeness (QED) is 0.615. The third-order valence-electron chi connectivity index (χ3n) is 2.19. The van der Waals surface area contributed by atoms with Gasteiger partial charge >= 0.3 is 0 Å². The molecule has 0 saturated carbocycles. The normalized spacial score (nSPS) is 12.4. The minimum Gasteiger partial charge on any atom is -0.0845 e. The number of rotatable bonds is 3. The molecule has 0 radical (unpaired) electrons. The number of hydrogen-bond acceptors (Lipinski definition) is 0. The highest BCUT2D eigenvalue weighted by molar-refractivity contribution is 5.58. The molecule has 74 valence electrons. The molecule has 0 fully saturated rings. The lowest BCUT2D eigenvalue weighted by molar-refractivity contribution is 1.22. The summed E-state index contributed by atoms with van der Waals surface area (Å²) >= 11 is 0. The zero-order chi connectivity index (χ0) is 10.4. The fourth-order valence-corrected chi connectivity index (χ4v) is 1.35. The molecule has 0 amide bonds. The summed E-state index contributed by atoms with van der Waals surface area (Å²) in [5.41, 5.74) is 3.95. The van der Waals surface area contributed by atoms with Gasteiger partial charge in [0.05, 0.1) is 0 Å². The predicted molar refractivity (Wildman–Crippen MR) is 64.3 cm³/mol. The van der Waals surface area contributed by atoms with E-state index in [4.69, 9.17) is 0 Å². The first-order valence-corrected chi connectivity index (χ1v) is 5.14. The van der Waals surface area contributed by atoms with Gasteiger partial charge in [-0.25, -0.2) is 0 Å². The predicted octanol–water partition coefficient (Wildman–Crippen LogP) is 4.36. The van der Waals surface area contributed by atoms with Crippen LogP contribution in [0.1, 0.15) is 31.4 Å². The smallest absolute Gasteiger partial charge is 0.0225 e. The fraction of sp³-hybridized carbons (Fsp3) is 0.286. The lowest BCUT2D eigenvalue weighted by atomic mass is 10.1. The minimum atomic E-state index is 1.10. The van der Waals surface area contributed by atoms with Crippen LogP contribution in [0.25, 0.3) is 6.08 Å². The molecule has 0 aliphatic carbocycles. The zero-order valence-electron chi connectivity index (χ0n) is 9.25. The number of benzene rings is 1. The van der Waals surface area contributed by atoms with Gasteiger partial charge in [-0.15, -0.1) is 0 Å². The molecular formula is C14H18. The van der Waals surface area contributed by atoms with Crippen molar-refractivity contribution in [2.75, 3.05) is 0 Å². The summed E-state index contributed by atoms with van der Waals surface area (Å²) in [6.45, 7) is 6.43. The minimum absolute atomic E-state index is 1.10. The van der Waals surface area contributed by atoms with E-state index in [1.54, 1.807) is 0 Å². The maximum Gasteiger partial charge on any atom is -0.0225 e. The lowest BCUT2D eigenvalue weighted by Crippen LogP contribution is -1.79. The van der Waals surface area contributed by atoms with Gasteiger partial charge < -0.3 is 0 Å². The van der Waals surface area contributed by atoms with E-state index in [9.17, 15) is 0 Å². The Bertz CT molecular complexity index is 343. The Kier molecular flexibility index (Phi) is 4.18. The second-order valence-electron chi connectivity index (χ2n) is 3.56. The average molecular weight is 186 g/mol. The summed E-state index contributed by atoms with van der Waals surface area (Å²) in [6.07, 6.45) is 7.68. The van der Waals surface area contributed by atoms with Gasteiger partial charge in [0.25, 0.3) is 0 Å². The molecule has 0 atom stereocenters. The van der Waals surface area contributed by atoms with Crippen molar-refractivity contribution < 1.29 is 0 Å². The summed E-state index contributed by atoms with van der Waals surface area (Å²) in [7, 11) is 0. The van der Waals surface area contributed by atoms with Crippen LogP contribution in [0.3, 0.4) is 0 Å². The van der Waals surface area contributed by atoms with Crippen molar-refractivity contribution in [2.24, 2.45) is 0 Å². The molecule has 0 aliphatic rings. The van der Waals surface area contributed by atoms with E-state index in [0.29, 0.717) is 0 Å². The zero-order valence-corrected chi connectivity index (χ0v) is 9.25. The standard InChI is InChI=1S/C14H18/c1-4-5-8-12(2)11-14-10-7-6-9-13(14)3/h5-11H,4H2,1-3H3/b8-5+,12-11-. The van der Waals surface area contributed by atoms with Crippen LogP contribution in [0.2, 0.25) is 0 Å². The fourth-order valence-electron chi connectivity index (χ4n) is 1.35. The first-order chi connectivity index (χ1) is 6.74. The van der Waals surface area contributed by atoms with Gasteiger partial charge in [-0.2, -0.15) is 0 Å². The second-order valence-corrected chi connectivity index (χ2v) is 3.56. The Balaban J connectivity index is 2.86. The summed E-state index contributed by atoms with van der Waals surface area (Å²) in [5, 5.41) is 0. The van der Waals surface area contributed by atoms with Crippen LogP contribution in [-0.4, -0.2) is 0 Å². The van der Waals surface area contributed by atoms with E-state index in [1.165, 1.54) is 16.7 Å². The van der Waals surface area contributed by atoms with Gasteiger partial charge in [0.1, 0.15) is 0 Å². The molecule has 0 nitrogen and oxygen atoms in total. The van der Waals surface area contributed by atoms with E-state index < -0.39 is 0 Å². The van der Waals surface area contributed by atoms with Crippen LogP contribution in [0.4, 0.5) is 0 Å². The van der Waals surface area contributed by atoms with Gasteiger partial charge in [0, 0.05) is 0 Å². The molecule has 0 aliphatic heterocycles. The second kappa shape index (κ2) is 5.43. The van der Waals surface area contributed by atoms with E-state index in [2.05, 4.69) is 63.3 Å². The van der Waals surface area contributed by atoms with Gasteiger partial charge in [0.2, 0.25) is 0 Å². The lowest BCUT2D eigenvalue weighted by Gasteiger charge is -1.99. The van der Waals surface area contributed by atoms with Crippen LogP contribution in [0.5, 0.6) is 0 Å². The Morgan fingerprint density at radius 3 is 2.64 bits per heavy atom. The maximum absolute atomic E-state index is 2.22. The number of allylic oxidation sites excluding steroid dienone is 3. The summed E-state index contributed by atoms with van der Waals surface area (Å²) in [4.78, 5) is 0. The molecule has 1 aromatic carbocycles. The third-order valence-corrected chi connectivity index (χ3v) is 2.19. The molecular weight excluding hydrogens is 168 g/mol. The van der Waals surface area contributed by atoms with Gasteiger partial charge in [0.15, 0.2) is 0 Å². The summed E-state index contributed by atoms with van der Waals surface area (Å²) in [6, 6.07) is 8.45. The van der Waals surface area contributed by atoms with Crippen molar-refractivity contribution in [2.45, 2.75) is 27.2 Å². The highest BCUT2D eigenvalue weighted by atomic mass is 14.0. The van der Waals surface area contributed by atoms with Crippen LogP contribution >= 0.6 is 0 Å². The SMILES string of the molecule is CC/C=C/C(C)=C\c1ccccc1C. The van der Waals surface area contributed by atoms with E-state index in [-0.39, 0.29) is 0 Å². The largest absolute Gasteiger partial charge is 0.0845 e. The molecule has 1 aromatic rings. The van der Waals surface area contributed by atoms with Gasteiger partial charge in [-0.3, -0.25) is 0 Å². The molecule has 0 unspecified atom stereocenters. The molecule has 0 aromatic heterocycles. The topological polar surface area (TPSA) is 0 Å². The van der Waals surface area contributed by atoms with Crippen molar-refractivity contribution in [1.82, 2.24) is 0 Å². The van der Waals surface area contributed by atoms with Crippen molar-refractivity contribution in [3.63, 3.8) is 0 Å². The van der Waals surface area contributed by atoms with Gasteiger partial charge in [-0.1, -0.05) is 55.0 Å². The Morgan fingerprint density at radius 1 is 1.29 bits per heavy atom. The first-order valence-electron chi connectivity index (χ1n) is 5.14. The highest BCUT2D eigenvalue weighted by Crippen LogP contribution is 2.12. The van der Waals surface area contributed by atoms with E-state index >= 15 is 0 Å². The van der Waals surface area contributed by atoms with Crippen molar-refractivity contribution in [3.05, 3.63) is 53.1 Å². The van der Waals surface area contributed by atoms with Crippen molar-refractivity contribution in [1.29, 1.82) is 0 Å². The Morgan fingerprint density at radius 2 is 2.00 bits per heavy atom. The highest BCUT2D eigenvalue weighted by Gasteiger charge is 1.91. The maximum atomic E-state index is 2.22. The summed E-state index contributed by atoms with van der Waals surface area (Å²) in [5.74, 6) is 0. The van der Waals surface area contributed by atoms with Crippen LogP contribution in [0, 0.1) is 6.92 Å². The first kappa shape index (κ1) is 10.8. The van der Waals surface area contributed by atoms with Crippen LogP contribution in [-0.2, 0) is 0 Å². The third kappa shape index (κ3) is 3.21. The van der Waals surface area contributed by atoms with Crippen molar-refractivity contribution in [3.8, 4) is 0 Å². The van der Waals surface area contributed by atoms with Gasteiger partial charge in [-0.05, 0) is 31.4 Å². The molecule has 14 heavy (non-hydrogen) atoms. The molecule has 0 N–H and O–H groups in total. The number of aryl methyl sites for hydroxylation is 1.